The first-order chi connectivity index (χ1) is 19.3. The summed E-state index contributed by atoms with van der Waals surface area (Å²) in [5, 5.41) is 15.0. The Kier molecular flexibility index (Phi) is 12.5. The molecule has 11 heteroatoms. The summed E-state index contributed by atoms with van der Waals surface area (Å²) < 4.78 is 16.0. The molecule has 1 aliphatic heterocycles. The van der Waals surface area contributed by atoms with Crippen molar-refractivity contribution in [3.8, 4) is 0 Å². The Morgan fingerprint density at radius 2 is 1.85 bits per heavy atom. The molecule has 1 aromatic rings. The summed E-state index contributed by atoms with van der Waals surface area (Å²) in [5.74, 6) is -0.742. The number of fused-ring (bicyclic) bond motifs is 1. The Bertz CT molecular complexity index is 1080. The third-order valence-electron chi connectivity index (χ3n) is 7.15. The molecule has 218 valence electrons. The van der Waals surface area contributed by atoms with Crippen LogP contribution in [0.5, 0.6) is 0 Å². The van der Waals surface area contributed by atoms with Gasteiger partial charge in [0.25, 0.3) is 5.91 Å². The highest BCUT2D eigenvalue weighted by atomic mass is 32.2. The van der Waals surface area contributed by atoms with Gasteiger partial charge >= 0.3 is 6.09 Å². The number of benzene rings is 1. The van der Waals surface area contributed by atoms with E-state index < -0.39 is 12.1 Å². The van der Waals surface area contributed by atoms with Crippen molar-refractivity contribution in [3.63, 3.8) is 0 Å². The minimum absolute atomic E-state index is 0.0859. The van der Waals surface area contributed by atoms with Crippen LogP contribution in [0, 0.1) is 11.7 Å². The number of amides is 4. The molecule has 3 atom stereocenters. The molecule has 1 heterocycles. The number of hydrogen-bond acceptors (Lipinski definition) is 5. The van der Waals surface area contributed by atoms with Gasteiger partial charge in [-0.2, -0.15) is 0 Å². The Morgan fingerprint density at radius 1 is 1.10 bits per heavy atom. The lowest BCUT2D eigenvalue weighted by Crippen LogP contribution is -2.47. The maximum Gasteiger partial charge on any atom is 0.407 e. The van der Waals surface area contributed by atoms with Crippen LogP contribution in [0.4, 0.5) is 9.18 Å². The molecule has 0 bridgehead atoms. The lowest BCUT2D eigenvalue weighted by atomic mass is 9.91. The highest BCUT2D eigenvalue weighted by Crippen LogP contribution is 2.32. The van der Waals surface area contributed by atoms with Crippen molar-refractivity contribution in [2.75, 3.05) is 0 Å². The van der Waals surface area contributed by atoms with Crippen LogP contribution in [0.25, 0.3) is 0 Å². The zero-order valence-corrected chi connectivity index (χ0v) is 23.5. The van der Waals surface area contributed by atoms with Crippen LogP contribution >= 0.6 is 11.9 Å². The van der Waals surface area contributed by atoms with Gasteiger partial charge in [-0.05, 0) is 81.4 Å². The van der Waals surface area contributed by atoms with Gasteiger partial charge in [0.15, 0.2) is 0 Å². The summed E-state index contributed by atoms with van der Waals surface area (Å²) in [5.41, 5.74) is 1.27. The molecule has 1 fully saturated rings. The van der Waals surface area contributed by atoms with E-state index in [0.29, 0.717) is 30.2 Å². The zero-order valence-electron chi connectivity index (χ0n) is 22.6. The molecule has 0 aromatic heterocycles. The van der Waals surface area contributed by atoms with Gasteiger partial charge in [-0.3, -0.25) is 24.0 Å². The van der Waals surface area contributed by atoms with Crippen LogP contribution in [-0.2, 0) is 27.5 Å². The van der Waals surface area contributed by atoms with Crippen LogP contribution in [0.2, 0.25) is 0 Å². The van der Waals surface area contributed by atoms with Gasteiger partial charge < -0.3 is 15.7 Å². The number of rotatable bonds is 9. The van der Waals surface area contributed by atoms with Gasteiger partial charge in [-0.15, -0.1) is 6.58 Å². The molecular formula is C29H39FN4O5S. The number of allylic oxidation sites excluding steroid dienone is 2. The third-order valence-corrected chi connectivity index (χ3v) is 8.27. The summed E-state index contributed by atoms with van der Waals surface area (Å²) in [6, 6.07) is 4.20. The molecule has 4 N–H and O–H groups in total. The molecule has 40 heavy (non-hydrogen) atoms. The number of halogens is 1. The summed E-state index contributed by atoms with van der Waals surface area (Å²) in [6.45, 7) is 4.16. The van der Waals surface area contributed by atoms with Crippen LogP contribution in [-0.4, -0.2) is 51.7 Å². The van der Waals surface area contributed by atoms with Gasteiger partial charge in [0.05, 0.1) is 6.54 Å². The fourth-order valence-electron chi connectivity index (χ4n) is 4.65. The summed E-state index contributed by atoms with van der Waals surface area (Å²) in [7, 11) is 0. The number of nitrogens with zero attached hydrogens (tertiary/aromatic N) is 1. The van der Waals surface area contributed by atoms with Gasteiger partial charge in [0.1, 0.15) is 11.9 Å². The quantitative estimate of drug-likeness (QED) is 0.196. The third kappa shape index (κ3) is 10.0. The molecular weight excluding hydrogens is 535 g/mol. The van der Waals surface area contributed by atoms with Crippen LogP contribution < -0.4 is 15.4 Å². The van der Waals surface area contributed by atoms with E-state index in [2.05, 4.69) is 34.1 Å². The van der Waals surface area contributed by atoms with E-state index >= 15 is 0 Å². The molecule has 9 nitrogen and oxygen atoms in total. The van der Waals surface area contributed by atoms with Crippen molar-refractivity contribution in [2.45, 2.75) is 88.2 Å². The lowest BCUT2D eigenvalue weighted by molar-refractivity contribution is -0.130. The molecule has 4 rings (SSSR count). The highest BCUT2D eigenvalue weighted by molar-refractivity contribution is 7.98. The largest absolute Gasteiger partial charge is 0.465 e. The molecule has 1 aromatic carbocycles. The standard InChI is InChI=1S/C20H31N3O3S.C9H8FNO2/c1-2-7-18(20(26)23-27-17-12-13-17)22-19(25)15-8-5-3-4-6-9-16(11-10-15)21-14-24;10-8-3-1-2-6-4-11(9(12)13)5-7(6)8/h2-4,14-18H,1,5-13H2,(H,21,24)(H,22,25)(H,23,26);1-3H,4-5H2,(H,12,13)/b4-3+;. The molecule has 0 radical (unpaired) electrons. The summed E-state index contributed by atoms with van der Waals surface area (Å²) in [4.78, 5) is 47.8. The Morgan fingerprint density at radius 3 is 2.50 bits per heavy atom. The Balaban J connectivity index is 0.000000281. The van der Waals surface area contributed by atoms with E-state index in [1.807, 2.05) is 0 Å². The predicted octanol–water partition coefficient (Wildman–Crippen LogP) is 4.43. The normalized spacial score (nSPS) is 21.9. The first-order valence-electron chi connectivity index (χ1n) is 13.8. The molecule has 3 aliphatic rings. The first-order valence-corrected chi connectivity index (χ1v) is 14.7. The molecule has 1 saturated carbocycles. The van der Waals surface area contributed by atoms with Crippen molar-refractivity contribution < 1.29 is 28.7 Å². The maximum absolute atomic E-state index is 13.1. The number of hydrogen-bond donors (Lipinski definition) is 4. The fraction of sp³-hybridized carbons (Fsp3) is 0.517. The molecule has 0 saturated heterocycles. The molecule has 0 spiro atoms. The van der Waals surface area contributed by atoms with Crippen molar-refractivity contribution in [3.05, 3.63) is 60.0 Å². The van der Waals surface area contributed by atoms with E-state index in [1.165, 1.54) is 22.9 Å². The van der Waals surface area contributed by atoms with Crippen LogP contribution in [0.1, 0.15) is 68.9 Å². The first kappa shape index (κ1) is 31.2. The fourth-order valence-corrected chi connectivity index (χ4v) is 5.45. The van der Waals surface area contributed by atoms with Gasteiger partial charge in [0, 0.05) is 29.3 Å². The topological polar surface area (TPSA) is 128 Å². The SMILES string of the molecule is C=CCC(NC(=O)C1CC/C=C/CCC(NC=O)CC1)C(=O)NSC1CC1.O=C(O)N1Cc2cccc(F)c2C1. The van der Waals surface area contributed by atoms with E-state index in [-0.39, 0.29) is 36.1 Å². The van der Waals surface area contributed by atoms with Crippen molar-refractivity contribution >= 4 is 36.3 Å². The zero-order chi connectivity index (χ0) is 28.9. The Labute approximate surface area is 239 Å². The molecule has 3 unspecified atom stereocenters. The van der Waals surface area contributed by atoms with Crippen LogP contribution in [0.15, 0.2) is 43.0 Å². The average molecular weight is 575 g/mol. The second kappa shape index (κ2) is 16.1. The van der Waals surface area contributed by atoms with Crippen LogP contribution in [0.3, 0.4) is 0 Å². The highest BCUT2D eigenvalue weighted by Gasteiger charge is 2.28. The summed E-state index contributed by atoms with van der Waals surface area (Å²) in [6.07, 6.45) is 13.1. The number of nitrogens with one attached hydrogen (secondary N) is 3. The average Bonchev–Trinajstić information content (AvgIpc) is 3.66. The molecule has 4 amide bonds. The second-order valence-electron chi connectivity index (χ2n) is 10.3. The number of carbonyl (C=O) groups is 4. The second-order valence-corrected chi connectivity index (χ2v) is 11.4. The van der Waals surface area contributed by atoms with Crippen molar-refractivity contribution in [1.29, 1.82) is 0 Å². The van der Waals surface area contributed by atoms with E-state index in [1.54, 1.807) is 18.2 Å². The number of carboxylic acid groups (broad SMARTS) is 1. The number of carbonyl (C=O) groups excluding carboxylic acids is 3. The van der Waals surface area contributed by atoms with E-state index in [9.17, 15) is 23.6 Å². The van der Waals surface area contributed by atoms with Gasteiger partial charge in [0.2, 0.25) is 12.3 Å². The van der Waals surface area contributed by atoms with E-state index in [0.717, 1.165) is 56.9 Å². The monoisotopic (exact) mass is 574 g/mol. The molecule has 2 aliphatic carbocycles. The van der Waals surface area contributed by atoms with E-state index in [4.69, 9.17) is 5.11 Å². The minimum atomic E-state index is -1.00. The Hall–Kier alpha value is -3.34. The van der Waals surface area contributed by atoms with Crippen molar-refractivity contribution in [2.24, 2.45) is 5.92 Å². The smallest absolute Gasteiger partial charge is 0.407 e. The predicted molar refractivity (Wildman–Crippen MR) is 152 cm³/mol. The van der Waals surface area contributed by atoms with Gasteiger partial charge in [-0.25, -0.2) is 9.18 Å². The lowest BCUT2D eigenvalue weighted by Gasteiger charge is -2.24. The minimum Gasteiger partial charge on any atom is -0.465 e. The van der Waals surface area contributed by atoms with Crippen molar-refractivity contribution in [1.82, 2.24) is 20.3 Å². The maximum atomic E-state index is 13.1. The van der Waals surface area contributed by atoms with Gasteiger partial charge in [-0.1, -0.05) is 30.4 Å². The summed E-state index contributed by atoms with van der Waals surface area (Å²) >= 11 is 1.45.